The Labute approximate surface area is 187 Å². The van der Waals surface area contributed by atoms with Gasteiger partial charge < -0.3 is 0 Å². The zero-order valence-corrected chi connectivity index (χ0v) is 17.5. The highest BCUT2D eigenvalue weighted by atomic mass is 16.2. The van der Waals surface area contributed by atoms with Crippen molar-refractivity contribution in [2.75, 3.05) is 6.54 Å². The van der Waals surface area contributed by atoms with Gasteiger partial charge in [0.05, 0.1) is 0 Å². The molecule has 158 valence electrons. The lowest BCUT2D eigenvalue weighted by Crippen LogP contribution is -2.34. The highest BCUT2D eigenvalue weighted by Gasteiger charge is 2.46. The van der Waals surface area contributed by atoms with Crippen LogP contribution in [-0.4, -0.2) is 29.0 Å². The molecule has 0 aliphatic carbocycles. The van der Waals surface area contributed by atoms with Crippen LogP contribution in [0, 0.1) is 5.92 Å². The Morgan fingerprint density at radius 3 is 1.78 bits per heavy atom. The highest BCUT2D eigenvalue weighted by Crippen LogP contribution is 2.35. The van der Waals surface area contributed by atoms with Crippen LogP contribution in [0.3, 0.4) is 0 Å². The first kappa shape index (κ1) is 21.2. The lowest BCUT2D eigenvalue weighted by Gasteiger charge is -2.14. The second kappa shape index (κ2) is 9.84. The van der Waals surface area contributed by atoms with Crippen molar-refractivity contribution in [3.63, 3.8) is 0 Å². The Morgan fingerprint density at radius 2 is 1.22 bits per heavy atom. The van der Waals surface area contributed by atoms with Crippen molar-refractivity contribution in [2.24, 2.45) is 5.92 Å². The van der Waals surface area contributed by atoms with Crippen LogP contribution in [0.2, 0.25) is 0 Å². The number of carbonyl (C=O) groups excluding carboxylic acids is 3. The Kier molecular flexibility index (Phi) is 6.52. The average molecular weight is 421 g/mol. The molecule has 0 aromatic heterocycles. The number of ketones is 1. The summed E-state index contributed by atoms with van der Waals surface area (Å²) in [5.41, 5.74) is 2.61. The highest BCUT2D eigenvalue weighted by molar-refractivity contribution is 6.15. The molecule has 0 N–H and O–H groups in total. The molecule has 0 radical (unpaired) electrons. The maximum Gasteiger partial charge on any atom is 0.253 e. The van der Waals surface area contributed by atoms with E-state index in [0.717, 1.165) is 16.7 Å². The van der Waals surface area contributed by atoms with Gasteiger partial charge in [0, 0.05) is 18.5 Å². The number of benzene rings is 3. The van der Waals surface area contributed by atoms with Gasteiger partial charge in [-0.25, -0.2) is 0 Å². The van der Waals surface area contributed by atoms with Gasteiger partial charge in [-0.05, 0) is 28.8 Å². The largest absolute Gasteiger partial charge is 0.294 e. The van der Waals surface area contributed by atoms with E-state index in [0.29, 0.717) is 0 Å². The fraction of sp³-hybridized carbons (Fsp3) is 0.107. The minimum Gasteiger partial charge on any atom is -0.294 e. The third kappa shape index (κ3) is 4.81. The quantitative estimate of drug-likeness (QED) is 0.426. The molecule has 4 nitrogen and oxygen atoms in total. The number of allylic oxidation sites excluding steroid dienone is 1. The number of rotatable bonds is 6. The van der Waals surface area contributed by atoms with E-state index in [2.05, 4.69) is 0 Å². The number of hydrogen-bond acceptors (Lipinski definition) is 3. The number of nitrogens with zero attached hydrogens (tertiary/aromatic N) is 1. The van der Waals surface area contributed by atoms with Crippen molar-refractivity contribution in [2.45, 2.75) is 5.92 Å². The summed E-state index contributed by atoms with van der Waals surface area (Å²) in [4.78, 5) is 40.3. The Hall–Kier alpha value is -4.05. The molecule has 2 atom stereocenters. The molecule has 1 fully saturated rings. The third-order valence-corrected chi connectivity index (χ3v) is 5.57. The summed E-state index contributed by atoms with van der Waals surface area (Å²) in [7, 11) is 0. The normalized spacial score (nSPS) is 18.5. The van der Waals surface area contributed by atoms with Crippen molar-refractivity contribution in [3.8, 4) is 0 Å². The Bertz CT molecular complexity index is 1150. The van der Waals surface area contributed by atoms with E-state index < -0.39 is 17.7 Å². The van der Waals surface area contributed by atoms with E-state index >= 15 is 0 Å². The van der Waals surface area contributed by atoms with Crippen LogP contribution >= 0.6 is 0 Å². The zero-order valence-electron chi connectivity index (χ0n) is 17.5. The molecule has 4 heteroatoms. The molecule has 4 rings (SSSR count). The monoisotopic (exact) mass is 421 g/mol. The summed E-state index contributed by atoms with van der Waals surface area (Å²) in [6.45, 7) is 0.177. The molecule has 0 spiro atoms. The van der Waals surface area contributed by atoms with Gasteiger partial charge in [0.1, 0.15) is 5.92 Å². The molecule has 0 saturated carbocycles. The van der Waals surface area contributed by atoms with Crippen molar-refractivity contribution in [1.29, 1.82) is 0 Å². The molecule has 1 aliphatic heterocycles. The van der Waals surface area contributed by atoms with Crippen LogP contribution in [0.5, 0.6) is 0 Å². The standard InChI is InChI=1S/C28H23NO3/c30-25(18-16-21-10-4-1-5-11-21)27-24(23-14-8-3-9-15-23)20-29(28(27)32)26(31)19-17-22-12-6-2-7-13-22/h1-19,24,27H,20H2/t24?,27-/m1/s1. The van der Waals surface area contributed by atoms with Gasteiger partial charge in [-0.3, -0.25) is 19.3 Å². The van der Waals surface area contributed by atoms with Crippen molar-refractivity contribution in [1.82, 2.24) is 4.90 Å². The van der Waals surface area contributed by atoms with Gasteiger partial charge >= 0.3 is 0 Å². The van der Waals surface area contributed by atoms with Crippen molar-refractivity contribution < 1.29 is 14.4 Å². The second-order valence-electron chi connectivity index (χ2n) is 7.67. The number of likely N-dealkylation sites (tertiary alicyclic amines) is 1. The lowest BCUT2D eigenvalue weighted by molar-refractivity contribution is -0.141. The Balaban J connectivity index is 1.59. The van der Waals surface area contributed by atoms with E-state index in [1.807, 2.05) is 91.0 Å². The number of imide groups is 1. The SMILES string of the molecule is O=C(C=Cc1ccccc1)[C@@H]1C(=O)N(C(=O)C=Cc2ccccc2)CC1c1ccccc1. The molecule has 32 heavy (non-hydrogen) atoms. The maximum atomic E-state index is 13.2. The zero-order chi connectivity index (χ0) is 22.3. The van der Waals surface area contributed by atoms with Crippen LogP contribution in [0.4, 0.5) is 0 Å². The van der Waals surface area contributed by atoms with Crippen LogP contribution in [0.25, 0.3) is 12.2 Å². The van der Waals surface area contributed by atoms with E-state index in [-0.39, 0.29) is 18.2 Å². The first-order valence-corrected chi connectivity index (χ1v) is 10.5. The number of amides is 2. The molecule has 0 bridgehead atoms. The number of carbonyl (C=O) groups is 3. The minimum absolute atomic E-state index is 0.177. The lowest BCUT2D eigenvalue weighted by atomic mass is 9.85. The number of hydrogen-bond donors (Lipinski definition) is 0. The second-order valence-corrected chi connectivity index (χ2v) is 7.67. The van der Waals surface area contributed by atoms with E-state index in [9.17, 15) is 14.4 Å². The average Bonchev–Trinajstić information content (AvgIpc) is 3.20. The van der Waals surface area contributed by atoms with Crippen LogP contribution in [0.1, 0.15) is 22.6 Å². The summed E-state index contributed by atoms with van der Waals surface area (Å²) in [5.74, 6) is -2.47. The topological polar surface area (TPSA) is 54.5 Å². The molecular weight excluding hydrogens is 398 g/mol. The van der Waals surface area contributed by atoms with Gasteiger partial charge in [-0.1, -0.05) is 97.1 Å². The molecule has 3 aromatic rings. The van der Waals surface area contributed by atoms with Crippen molar-refractivity contribution >= 4 is 29.7 Å². The third-order valence-electron chi connectivity index (χ3n) is 5.57. The van der Waals surface area contributed by atoms with E-state index in [1.54, 1.807) is 12.2 Å². The molecule has 3 aromatic carbocycles. The molecule has 2 amide bonds. The fourth-order valence-electron chi connectivity index (χ4n) is 3.92. The molecule has 1 aliphatic rings. The molecule has 1 heterocycles. The minimum atomic E-state index is -0.925. The summed E-state index contributed by atoms with van der Waals surface area (Å²) in [6, 6.07) is 28.3. The first-order valence-electron chi connectivity index (χ1n) is 10.5. The van der Waals surface area contributed by atoms with Gasteiger partial charge in [0.15, 0.2) is 5.78 Å². The summed E-state index contributed by atoms with van der Waals surface area (Å²) < 4.78 is 0. The van der Waals surface area contributed by atoms with Gasteiger partial charge in [0.2, 0.25) is 5.91 Å². The molecular formula is C28H23NO3. The Morgan fingerprint density at radius 1 is 0.719 bits per heavy atom. The molecule has 1 unspecified atom stereocenters. The summed E-state index contributed by atoms with van der Waals surface area (Å²) in [6.07, 6.45) is 6.22. The van der Waals surface area contributed by atoms with E-state index in [1.165, 1.54) is 17.1 Å². The predicted octanol–water partition coefficient (Wildman–Crippen LogP) is 4.75. The smallest absolute Gasteiger partial charge is 0.253 e. The fourth-order valence-corrected chi connectivity index (χ4v) is 3.92. The first-order chi connectivity index (χ1) is 15.6. The van der Waals surface area contributed by atoms with Crippen LogP contribution < -0.4 is 0 Å². The van der Waals surface area contributed by atoms with Crippen LogP contribution in [-0.2, 0) is 14.4 Å². The summed E-state index contributed by atoms with van der Waals surface area (Å²) >= 11 is 0. The van der Waals surface area contributed by atoms with Crippen LogP contribution in [0.15, 0.2) is 103 Å². The van der Waals surface area contributed by atoms with E-state index in [4.69, 9.17) is 0 Å². The van der Waals surface area contributed by atoms with Gasteiger partial charge in [-0.15, -0.1) is 0 Å². The molecule has 1 saturated heterocycles. The van der Waals surface area contributed by atoms with Gasteiger partial charge in [0.25, 0.3) is 5.91 Å². The predicted molar refractivity (Wildman–Crippen MR) is 125 cm³/mol. The van der Waals surface area contributed by atoms with Gasteiger partial charge in [-0.2, -0.15) is 0 Å². The maximum absolute atomic E-state index is 13.2. The van der Waals surface area contributed by atoms with Crippen molar-refractivity contribution in [3.05, 3.63) is 120 Å². The summed E-state index contributed by atoms with van der Waals surface area (Å²) in [5, 5.41) is 0.